The average molecular weight is 525 g/mol. The van der Waals surface area contributed by atoms with Crippen molar-refractivity contribution in [3.8, 4) is 5.75 Å². The third kappa shape index (κ3) is 5.42. The van der Waals surface area contributed by atoms with Crippen LogP contribution in [0.4, 0.5) is 0 Å². The van der Waals surface area contributed by atoms with Gasteiger partial charge in [-0.3, -0.25) is 4.98 Å². The van der Waals surface area contributed by atoms with Gasteiger partial charge in [-0.05, 0) is 6.92 Å². The number of hydrogen-bond acceptors (Lipinski definition) is 4. The van der Waals surface area contributed by atoms with Gasteiger partial charge in [-0.2, -0.15) is 0 Å². The van der Waals surface area contributed by atoms with E-state index in [1.807, 2.05) is 0 Å². The van der Waals surface area contributed by atoms with Crippen molar-refractivity contribution in [2.75, 3.05) is 0 Å². The first-order valence-corrected chi connectivity index (χ1v) is 3.58. The summed E-state index contributed by atoms with van der Waals surface area (Å²) in [4.78, 5) is 3.84. The number of nitrogens with zero attached hydrogens (tertiary/aromatic N) is 1. The zero-order chi connectivity index (χ0) is 9.14. The molecule has 7 heteroatoms. The van der Waals surface area contributed by atoms with Crippen molar-refractivity contribution in [2.24, 2.45) is 0 Å². The van der Waals surface area contributed by atoms with Crippen LogP contribution in [0.25, 0.3) is 0 Å². The smallest absolute Gasteiger partial charge is 0.142 e. The van der Waals surface area contributed by atoms with E-state index in [0.717, 1.165) is 0 Å². The third-order valence-electron chi connectivity index (χ3n) is 1.76. The molecule has 0 unspecified atom stereocenters. The number of aryl methyl sites for hydroxylation is 1. The molecule has 1 heterocycles. The van der Waals surface area contributed by atoms with Crippen LogP contribution in [0.2, 0.25) is 0 Å². The van der Waals surface area contributed by atoms with E-state index in [9.17, 15) is 5.11 Å². The summed E-state index contributed by atoms with van der Waals surface area (Å²) >= 11 is 0. The van der Waals surface area contributed by atoms with Crippen LogP contribution in [-0.4, -0.2) is 92.0 Å². The predicted molar refractivity (Wildman–Crippen MR) is 59.7 cm³/mol. The summed E-state index contributed by atoms with van der Waals surface area (Å²) < 4.78 is 0. The van der Waals surface area contributed by atoms with Crippen LogP contribution in [0.3, 0.4) is 0 Å². The molecule has 0 amide bonds. The van der Waals surface area contributed by atoms with Crippen molar-refractivity contribution >= 4 is 71.7 Å². The fourth-order valence-electron chi connectivity index (χ4n) is 0.997. The van der Waals surface area contributed by atoms with E-state index in [2.05, 4.69) is 4.98 Å². The normalized spacial score (nSPS) is 8.20. The van der Waals surface area contributed by atoms with Crippen LogP contribution in [-0.2, 0) is 13.2 Å². The molecule has 1 aromatic heterocycles. The quantitative estimate of drug-likeness (QED) is 0.431. The van der Waals surface area contributed by atoms with Crippen LogP contribution >= 0.6 is 0 Å². The number of pyridine rings is 1. The Labute approximate surface area is 139 Å². The summed E-state index contributed by atoms with van der Waals surface area (Å²) in [7, 11) is 0. The zero-order valence-corrected chi connectivity index (χ0v) is 16.8. The Morgan fingerprint density at radius 1 is 1.13 bits per heavy atom. The fourth-order valence-corrected chi connectivity index (χ4v) is 0.997. The van der Waals surface area contributed by atoms with Gasteiger partial charge in [0, 0.05) is 89.0 Å². The molecule has 0 fully saturated rings. The molecule has 0 atom stereocenters. The number of aliphatic hydroxyl groups excluding tert-OH is 2. The van der Waals surface area contributed by atoms with Crippen molar-refractivity contribution in [3.63, 3.8) is 0 Å². The van der Waals surface area contributed by atoms with Gasteiger partial charge in [0.25, 0.3) is 0 Å². The van der Waals surface area contributed by atoms with Crippen LogP contribution in [0.1, 0.15) is 16.8 Å². The summed E-state index contributed by atoms with van der Waals surface area (Å²) in [5.41, 5.74) is 1.27. The van der Waals surface area contributed by atoms with Crippen molar-refractivity contribution in [1.29, 1.82) is 0 Å². The third-order valence-corrected chi connectivity index (χ3v) is 1.76. The van der Waals surface area contributed by atoms with Gasteiger partial charge in [-0.1, -0.05) is 0 Å². The number of aliphatic hydroxyl groups is 2. The minimum atomic E-state index is -0.287. The minimum absolute atomic E-state index is 0. The van der Waals surface area contributed by atoms with Gasteiger partial charge < -0.3 is 15.3 Å². The van der Waals surface area contributed by atoms with Crippen LogP contribution < -0.4 is 0 Å². The Kier molecular flexibility index (Phi) is 15.0. The second kappa shape index (κ2) is 10.4. The van der Waals surface area contributed by atoms with Crippen LogP contribution in [0.5, 0.6) is 5.75 Å². The maximum atomic E-state index is 9.38. The summed E-state index contributed by atoms with van der Waals surface area (Å²) in [5.74, 6) is -0.0379. The average Bonchev–Trinajstić information content (AvgIpc) is 2.09. The SMILES string of the molecule is Cc1ncc(CO)c(CO)c1O.[Sn].[Sn].[Sn]. The van der Waals surface area contributed by atoms with Crippen molar-refractivity contribution in [2.45, 2.75) is 20.1 Å². The monoisotopic (exact) mass is 529 g/mol. The Morgan fingerprint density at radius 2 is 1.67 bits per heavy atom. The Balaban J connectivity index is -0.000000480. The molecule has 0 saturated carbocycles. The minimum Gasteiger partial charge on any atom is -0.506 e. The van der Waals surface area contributed by atoms with Crippen molar-refractivity contribution in [3.05, 3.63) is 23.0 Å². The molecule has 15 heavy (non-hydrogen) atoms. The number of hydrogen-bond donors (Lipinski definition) is 3. The van der Waals surface area contributed by atoms with E-state index >= 15 is 0 Å². The fraction of sp³-hybridized carbons (Fsp3) is 0.375. The summed E-state index contributed by atoms with van der Waals surface area (Å²) in [5, 5.41) is 27.0. The standard InChI is InChI=1S/C8H11NO3.3Sn/c1-5-8(12)7(4-11)6(3-10)2-9-5;;;/h2,10-12H,3-4H2,1H3;;;. The number of aromatic nitrogens is 1. The van der Waals surface area contributed by atoms with Gasteiger partial charge in [-0.15, -0.1) is 0 Å². The molecule has 0 saturated heterocycles. The maximum Gasteiger partial charge on any atom is 0.142 e. The molecule has 78 valence electrons. The molecule has 0 aliphatic rings. The maximum absolute atomic E-state index is 9.38. The topological polar surface area (TPSA) is 73.6 Å². The largest absolute Gasteiger partial charge is 0.506 e. The second-order valence-electron chi connectivity index (χ2n) is 2.51. The first-order chi connectivity index (χ1) is 5.70. The molecule has 1 aromatic rings. The van der Waals surface area contributed by atoms with Gasteiger partial charge in [0.05, 0.1) is 18.9 Å². The van der Waals surface area contributed by atoms with Crippen LogP contribution in [0.15, 0.2) is 6.20 Å². The first-order valence-electron chi connectivity index (χ1n) is 3.58. The second-order valence-corrected chi connectivity index (χ2v) is 2.51. The molecule has 12 radical (unpaired) electrons. The number of aromatic hydroxyl groups is 1. The summed E-state index contributed by atoms with van der Waals surface area (Å²) in [6.45, 7) is 1.12. The Morgan fingerprint density at radius 3 is 2.07 bits per heavy atom. The van der Waals surface area contributed by atoms with E-state index in [-0.39, 0.29) is 90.7 Å². The van der Waals surface area contributed by atoms with Gasteiger partial charge in [0.1, 0.15) is 5.75 Å². The van der Waals surface area contributed by atoms with Crippen molar-refractivity contribution < 1.29 is 15.3 Å². The van der Waals surface area contributed by atoms with Gasteiger partial charge in [0.15, 0.2) is 0 Å². The molecule has 4 nitrogen and oxygen atoms in total. The molecule has 0 aliphatic carbocycles. The van der Waals surface area contributed by atoms with E-state index in [4.69, 9.17) is 10.2 Å². The molecule has 0 aromatic carbocycles. The molecule has 3 N–H and O–H groups in total. The molecular formula is C8H11NO3Sn3. The molecule has 1 rings (SSSR count). The zero-order valence-electron chi connectivity index (χ0n) is 8.28. The Hall–Kier alpha value is 1.27. The molecular weight excluding hydrogens is 514 g/mol. The van der Waals surface area contributed by atoms with Crippen molar-refractivity contribution in [1.82, 2.24) is 4.98 Å². The van der Waals surface area contributed by atoms with E-state index in [1.54, 1.807) is 6.92 Å². The molecule has 0 bridgehead atoms. The molecule has 0 aliphatic heterocycles. The van der Waals surface area contributed by atoms with Gasteiger partial charge >= 0.3 is 0 Å². The summed E-state index contributed by atoms with van der Waals surface area (Å²) in [6, 6.07) is 0. The van der Waals surface area contributed by atoms with Gasteiger partial charge in [0.2, 0.25) is 0 Å². The first kappa shape index (κ1) is 21.5. The van der Waals surface area contributed by atoms with Crippen LogP contribution in [0, 0.1) is 6.92 Å². The van der Waals surface area contributed by atoms with E-state index < -0.39 is 0 Å². The number of rotatable bonds is 2. The predicted octanol–water partition coefficient (Wildman–Crippen LogP) is -1.06. The van der Waals surface area contributed by atoms with E-state index in [1.165, 1.54) is 6.20 Å². The van der Waals surface area contributed by atoms with Gasteiger partial charge in [-0.25, -0.2) is 0 Å². The van der Waals surface area contributed by atoms with E-state index in [0.29, 0.717) is 16.8 Å². The summed E-state index contributed by atoms with van der Waals surface area (Å²) in [6.07, 6.45) is 1.45. The molecule has 0 spiro atoms. The Bertz CT molecular complexity index is 297.